The van der Waals surface area contributed by atoms with Crippen molar-refractivity contribution in [3.8, 4) is 0 Å². The van der Waals surface area contributed by atoms with Crippen molar-refractivity contribution in [2.24, 2.45) is 17.3 Å². The van der Waals surface area contributed by atoms with Crippen LogP contribution in [-0.4, -0.2) is 26.8 Å². The van der Waals surface area contributed by atoms with Crippen LogP contribution in [0.15, 0.2) is 0 Å². The van der Waals surface area contributed by atoms with Crippen molar-refractivity contribution in [2.75, 3.05) is 26.8 Å². The van der Waals surface area contributed by atoms with Crippen LogP contribution in [0.2, 0.25) is 0 Å². The minimum absolute atomic E-state index is 0.438. The van der Waals surface area contributed by atoms with Crippen molar-refractivity contribution in [1.29, 1.82) is 0 Å². The average molecular weight is 243 g/mol. The number of hydrogen-bond donors (Lipinski definition) is 1. The summed E-state index contributed by atoms with van der Waals surface area (Å²) in [6.45, 7) is 14.7. The minimum atomic E-state index is 0.438. The van der Waals surface area contributed by atoms with Gasteiger partial charge < -0.3 is 10.1 Å². The van der Waals surface area contributed by atoms with Crippen LogP contribution in [0.4, 0.5) is 0 Å². The van der Waals surface area contributed by atoms with E-state index in [1.165, 1.54) is 19.3 Å². The maximum absolute atomic E-state index is 5.22. The molecule has 2 heteroatoms. The second-order valence-electron chi connectivity index (χ2n) is 5.78. The van der Waals surface area contributed by atoms with E-state index in [0.717, 1.165) is 31.5 Å². The minimum Gasteiger partial charge on any atom is -0.385 e. The van der Waals surface area contributed by atoms with Crippen LogP contribution < -0.4 is 5.32 Å². The summed E-state index contributed by atoms with van der Waals surface area (Å²) in [7, 11) is 1.79. The molecule has 0 heterocycles. The monoisotopic (exact) mass is 243 g/mol. The van der Waals surface area contributed by atoms with Crippen LogP contribution in [0.1, 0.15) is 53.9 Å². The molecular formula is C15H33NO. The van der Waals surface area contributed by atoms with E-state index in [2.05, 4.69) is 39.9 Å². The van der Waals surface area contributed by atoms with E-state index in [1.807, 2.05) is 0 Å². The van der Waals surface area contributed by atoms with E-state index in [-0.39, 0.29) is 0 Å². The van der Waals surface area contributed by atoms with Crippen LogP contribution in [-0.2, 0) is 4.74 Å². The van der Waals surface area contributed by atoms with Gasteiger partial charge in [0.25, 0.3) is 0 Å². The first-order valence-electron chi connectivity index (χ1n) is 7.22. The standard InChI is InChI=1S/C15H33NO/c1-7-15(8-2,12-16-11-13(3)4)14(5)9-10-17-6/h13-14,16H,7-12H2,1-6H3. The van der Waals surface area contributed by atoms with Gasteiger partial charge in [-0.15, -0.1) is 0 Å². The van der Waals surface area contributed by atoms with E-state index in [4.69, 9.17) is 4.74 Å². The van der Waals surface area contributed by atoms with Crippen LogP contribution in [0, 0.1) is 17.3 Å². The summed E-state index contributed by atoms with van der Waals surface area (Å²) in [5, 5.41) is 3.64. The molecule has 0 radical (unpaired) electrons. The highest BCUT2D eigenvalue weighted by molar-refractivity contribution is 4.84. The number of ether oxygens (including phenoxy) is 1. The van der Waals surface area contributed by atoms with Crippen LogP contribution in [0.3, 0.4) is 0 Å². The lowest BCUT2D eigenvalue weighted by Crippen LogP contribution is -2.40. The molecule has 0 saturated heterocycles. The Labute approximate surface area is 109 Å². The lowest BCUT2D eigenvalue weighted by Gasteiger charge is -2.38. The summed E-state index contributed by atoms with van der Waals surface area (Å²) in [6.07, 6.45) is 3.67. The molecule has 0 amide bonds. The van der Waals surface area contributed by atoms with Gasteiger partial charge in [-0.2, -0.15) is 0 Å². The molecule has 2 nitrogen and oxygen atoms in total. The molecular weight excluding hydrogens is 210 g/mol. The fourth-order valence-corrected chi connectivity index (χ4v) is 2.58. The van der Waals surface area contributed by atoms with E-state index in [9.17, 15) is 0 Å². The molecule has 0 aliphatic rings. The molecule has 0 aliphatic heterocycles. The Morgan fingerprint density at radius 2 is 1.71 bits per heavy atom. The third-order valence-corrected chi connectivity index (χ3v) is 4.24. The molecule has 0 saturated carbocycles. The van der Waals surface area contributed by atoms with Crippen LogP contribution in [0.5, 0.6) is 0 Å². The van der Waals surface area contributed by atoms with E-state index < -0.39 is 0 Å². The predicted molar refractivity (Wildman–Crippen MR) is 76.4 cm³/mol. The number of nitrogens with one attached hydrogen (secondary N) is 1. The van der Waals surface area contributed by atoms with Gasteiger partial charge in [0.05, 0.1) is 0 Å². The van der Waals surface area contributed by atoms with Crippen molar-refractivity contribution in [3.05, 3.63) is 0 Å². The van der Waals surface area contributed by atoms with Crippen molar-refractivity contribution in [1.82, 2.24) is 5.32 Å². The summed E-state index contributed by atoms with van der Waals surface area (Å²) < 4.78 is 5.22. The van der Waals surface area contributed by atoms with Crippen molar-refractivity contribution >= 4 is 0 Å². The molecule has 0 bridgehead atoms. The van der Waals surface area contributed by atoms with Crippen molar-refractivity contribution in [3.63, 3.8) is 0 Å². The third kappa shape index (κ3) is 5.87. The molecule has 0 aliphatic carbocycles. The Balaban J connectivity index is 4.32. The topological polar surface area (TPSA) is 21.3 Å². The second kappa shape index (κ2) is 8.93. The third-order valence-electron chi connectivity index (χ3n) is 4.24. The predicted octanol–water partition coefficient (Wildman–Crippen LogP) is 3.71. The smallest absolute Gasteiger partial charge is 0.0465 e. The second-order valence-corrected chi connectivity index (χ2v) is 5.78. The zero-order valence-electron chi connectivity index (χ0n) is 12.8. The average Bonchev–Trinajstić information content (AvgIpc) is 2.31. The number of rotatable bonds is 10. The summed E-state index contributed by atoms with van der Waals surface area (Å²) in [6, 6.07) is 0. The normalized spacial score (nSPS) is 14.3. The van der Waals surface area contributed by atoms with Gasteiger partial charge in [-0.25, -0.2) is 0 Å². The molecule has 104 valence electrons. The molecule has 1 atom stereocenters. The molecule has 0 spiro atoms. The van der Waals surface area contributed by atoms with Crippen LogP contribution >= 0.6 is 0 Å². The highest BCUT2D eigenvalue weighted by Gasteiger charge is 2.31. The Morgan fingerprint density at radius 1 is 1.12 bits per heavy atom. The molecule has 0 aromatic heterocycles. The summed E-state index contributed by atoms with van der Waals surface area (Å²) in [4.78, 5) is 0. The SMILES string of the molecule is CCC(CC)(CNCC(C)C)C(C)CCOC. The quantitative estimate of drug-likeness (QED) is 0.631. The summed E-state index contributed by atoms with van der Waals surface area (Å²) in [5.74, 6) is 1.45. The zero-order chi connectivity index (χ0) is 13.3. The van der Waals surface area contributed by atoms with Gasteiger partial charge in [0, 0.05) is 20.3 Å². The molecule has 0 fully saturated rings. The fraction of sp³-hybridized carbons (Fsp3) is 1.00. The summed E-state index contributed by atoms with van der Waals surface area (Å²) in [5.41, 5.74) is 0.438. The molecule has 0 rings (SSSR count). The molecule has 1 unspecified atom stereocenters. The van der Waals surface area contributed by atoms with E-state index in [1.54, 1.807) is 7.11 Å². The lowest BCUT2D eigenvalue weighted by molar-refractivity contribution is 0.102. The largest absolute Gasteiger partial charge is 0.385 e. The van der Waals surface area contributed by atoms with Gasteiger partial charge >= 0.3 is 0 Å². The molecule has 0 aromatic carbocycles. The first-order chi connectivity index (χ1) is 8.02. The van der Waals surface area contributed by atoms with Crippen molar-refractivity contribution < 1.29 is 4.74 Å². The zero-order valence-corrected chi connectivity index (χ0v) is 12.8. The molecule has 17 heavy (non-hydrogen) atoms. The Bertz CT molecular complexity index is 176. The fourth-order valence-electron chi connectivity index (χ4n) is 2.58. The van der Waals surface area contributed by atoms with E-state index >= 15 is 0 Å². The summed E-state index contributed by atoms with van der Waals surface area (Å²) >= 11 is 0. The van der Waals surface area contributed by atoms with E-state index in [0.29, 0.717) is 5.41 Å². The highest BCUT2D eigenvalue weighted by Crippen LogP contribution is 2.36. The van der Waals surface area contributed by atoms with Gasteiger partial charge in [-0.1, -0.05) is 34.6 Å². The number of hydrogen-bond acceptors (Lipinski definition) is 2. The first-order valence-corrected chi connectivity index (χ1v) is 7.22. The Hall–Kier alpha value is -0.0800. The van der Waals surface area contributed by atoms with Crippen molar-refractivity contribution in [2.45, 2.75) is 53.9 Å². The first kappa shape index (κ1) is 16.9. The maximum Gasteiger partial charge on any atom is 0.0465 e. The lowest BCUT2D eigenvalue weighted by atomic mass is 9.70. The van der Waals surface area contributed by atoms with Gasteiger partial charge in [-0.3, -0.25) is 0 Å². The number of methoxy groups -OCH3 is 1. The van der Waals surface area contributed by atoms with Gasteiger partial charge in [0.15, 0.2) is 0 Å². The van der Waals surface area contributed by atoms with Crippen LogP contribution in [0.25, 0.3) is 0 Å². The molecule has 0 aromatic rings. The Morgan fingerprint density at radius 3 is 2.12 bits per heavy atom. The highest BCUT2D eigenvalue weighted by atomic mass is 16.5. The Kier molecular flexibility index (Phi) is 8.89. The van der Waals surface area contributed by atoms with Gasteiger partial charge in [-0.05, 0) is 43.1 Å². The maximum atomic E-state index is 5.22. The molecule has 1 N–H and O–H groups in total. The van der Waals surface area contributed by atoms with Gasteiger partial charge in [0.2, 0.25) is 0 Å². The van der Waals surface area contributed by atoms with Gasteiger partial charge in [0.1, 0.15) is 0 Å².